The highest BCUT2D eigenvalue weighted by Gasteiger charge is 2.33. The van der Waals surface area contributed by atoms with Crippen molar-refractivity contribution >= 4 is 38.5 Å². The summed E-state index contributed by atoms with van der Waals surface area (Å²) in [5.74, 6) is -0.764. The van der Waals surface area contributed by atoms with Gasteiger partial charge in [-0.2, -0.15) is 0 Å². The van der Waals surface area contributed by atoms with Crippen LogP contribution in [0.3, 0.4) is 0 Å². The average molecular weight is 356 g/mol. The summed E-state index contributed by atoms with van der Waals surface area (Å²) in [7, 11) is -3.12. The maximum Gasteiger partial charge on any atom is 0.350 e. The number of hydrogen-bond acceptors (Lipinski definition) is 8. The number of benzene rings is 1. The van der Waals surface area contributed by atoms with Crippen molar-refractivity contribution in [3.05, 3.63) is 44.1 Å². The Hall–Kier alpha value is -2.46. The summed E-state index contributed by atoms with van der Waals surface area (Å²) in [4.78, 5) is 21.3. The van der Waals surface area contributed by atoms with Crippen molar-refractivity contribution < 1.29 is 22.9 Å². The van der Waals surface area contributed by atoms with Crippen LogP contribution < -0.4 is 5.73 Å². The molecule has 23 heavy (non-hydrogen) atoms. The minimum atomic E-state index is -4.26. The maximum absolute atomic E-state index is 12.8. The summed E-state index contributed by atoms with van der Waals surface area (Å²) in [5, 5.41) is 11.1. The number of esters is 1. The van der Waals surface area contributed by atoms with Gasteiger partial charge in [0.2, 0.25) is 9.84 Å². The molecule has 1 heterocycles. The third-order valence-electron chi connectivity index (χ3n) is 3.06. The summed E-state index contributed by atoms with van der Waals surface area (Å²) >= 11 is 0.861. The maximum atomic E-state index is 12.8. The molecule has 122 valence electrons. The Morgan fingerprint density at radius 1 is 1.35 bits per heavy atom. The lowest BCUT2D eigenvalue weighted by molar-refractivity contribution is -0.387. The molecular weight excluding hydrogens is 344 g/mol. The van der Waals surface area contributed by atoms with Crippen molar-refractivity contribution in [3.8, 4) is 0 Å². The van der Waals surface area contributed by atoms with Crippen LogP contribution in [0.25, 0.3) is 0 Å². The number of hydrogen-bond donors (Lipinski definition) is 1. The highest BCUT2D eigenvalue weighted by atomic mass is 32.2. The number of nitro groups is 1. The molecule has 2 N–H and O–H groups in total. The number of para-hydroxylation sites is 1. The Labute approximate surface area is 135 Å². The van der Waals surface area contributed by atoms with Crippen LogP contribution in [0, 0.1) is 17.0 Å². The SMILES string of the molecule is COC(=O)c1sc(C)c(S(=O)(=O)c2ccccc2[N+](=O)[O-])c1N. The molecule has 0 aliphatic rings. The van der Waals surface area contributed by atoms with E-state index in [0.717, 1.165) is 30.6 Å². The molecule has 0 radical (unpaired) electrons. The standard InChI is InChI=1S/C13H12N2O6S2/c1-7-12(10(14)11(22-7)13(16)21-2)23(19,20)9-6-4-3-5-8(9)15(17)18/h3-6H,14H2,1-2H3. The van der Waals surface area contributed by atoms with Crippen molar-refractivity contribution in [2.45, 2.75) is 16.7 Å². The van der Waals surface area contributed by atoms with E-state index in [-0.39, 0.29) is 20.3 Å². The van der Waals surface area contributed by atoms with Crippen LogP contribution in [0.4, 0.5) is 11.4 Å². The molecule has 2 aromatic rings. The molecule has 0 fully saturated rings. The Bertz CT molecular complexity index is 901. The van der Waals surface area contributed by atoms with Gasteiger partial charge in [-0.25, -0.2) is 13.2 Å². The third-order valence-corrected chi connectivity index (χ3v) is 6.27. The van der Waals surface area contributed by atoms with E-state index < -0.39 is 31.3 Å². The molecular formula is C13H12N2O6S2. The van der Waals surface area contributed by atoms with Gasteiger partial charge in [-0.3, -0.25) is 10.1 Å². The molecule has 0 bridgehead atoms. The lowest BCUT2D eigenvalue weighted by Crippen LogP contribution is -2.09. The number of carbonyl (C=O) groups is 1. The second kappa shape index (κ2) is 5.97. The molecule has 1 aromatic carbocycles. The first kappa shape index (κ1) is 16.9. The molecule has 0 aliphatic carbocycles. The monoisotopic (exact) mass is 356 g/mol. The number of thiophene rings is 1. The largest absolute Gasteiger partial charge is 0.465 e. The fourth-order valence-corrected chi connectivity index (χ4v) is 5.14. The summed E-state index contributed by atoms with van der Waals surface area (Å²) < 4.78 is 30.1. The predicted molar refractivity (Wildman–Crippen MR) is 83.4 cm³/mol. The van der Waals surface area contributed by atoms with Gasteiger partial charge >= 0.3 is 5.97 Å². The van der Waals surface area contributed by atoms with E-state index >= 15 is 0 Å². The van der Waals surface area contributed by atoms with Gasteiger partial charge in [-0.05, 0) is 13.0 Å². The van der Waals surface area contributed by atoms with Crippen LogP contribution in [0.1, 0.15) is 14.5 Å². The summed E-state index contributed by atoms with van der Waals surface area (Å²) in [6.45, 7) is 1.47. The Morgan fingerprint density at radius 3 is 2.52 bits per heavy atom. The third kappa shape index (κ3) is 2.78. The average Bonchev–Trinajstić information content (AvgIpc) is 2.81. The van der Waals surface area contributed by atoms with E-state index in [9.17, 15) is 23.3 Å². The summed E-state index contributed by atoms with van der Waals surface area (Å²) in [6.07, 6.45) is 0. The number of anilines is 1. The molecule has 0 amide bonds. The molecule has 2 rings (SSSR count). The molecule has 0 aliphatic heterocycles. The number of nitro benzene ring substituents is 1. The van der Waals surface area contributed by atoms with Gasteiger partial charge in [0.15, 0.2) is 0 Å². The zero-order valence-corrected chi connectivity index (χ0v) is 13.7. The second-order valence-corrected chi connectivity index (χ2v) is 7.53. The van der Waals surface area contributed by atoms with E-state index in [1.165, 1.54) is 19.1 Å². The number of methoxy groups -OCH3 is 1. The number of ether oxygens (including phenoxy) is 1. The van der Waals surface area contributed by atoms with E-state index in [1.807, 2.05) is 0 Å². The van der Waals surface area contributed by atoms with Gasteiger partial charge in [0.1, 0.15) is 14.7 Å². The number of nitrogens with two attached hydrogens (primary N) is 1. The first-order valence-electron chi connectivity index (χ1n) is 6.17. The number of sulfone groups is 1. The van der Waals surface area contributed by atoms with Crippen LogP contribution in [0.2, 0.25) is 0 Å². The highest BCUT2D eigenvalue weighted by Crippen LogP contribution is 2.39. The molecule has 8 nitrogen and oxygen atoms in total. The number of nitrogen functional groups attached to an aromatic ring is 1. The zero-order valence-electron chi connectivity index (χ0n) is 12.1. The molecule has 1 aromatic heterocycles. The molecule has 0 atom stereocenters. The normalized spacial score (nSPS) is 11.2. The van der Waals surface area contributed by atoms with Gasteiger partial charge in [0.25, 0.3) is 5.69 Å². The van der Waals surface area contributed by atoms with E-state index in [1.54, 1.807) is 0 Å². The van der Waals surface area contributed by atoms with E-state index in [4.69, 9.17) is 5.73 Å². The van der Waals surface area contributed by atoms with Gasteiger partial charge in [-0.15, -0.1) is 11.3 Å². The Morgan fingerprint density at radius 2 is 1.96 bits per heavy atom. The highest BCUT2D eigenvalue weighted by molar-refractivity contribution is 7.92. The van der Waals surface area contributed by atoms with Crippen molar-refractivity contribution in [1.29, 1.82) is 0 Å². The van der Waals surface area contributed by atoms with Gasteiger partial charge < -0.3 is 10.5 Å². The van der Waals surface area contributed by atoms with Gasteiger partial charge in [0, 0.05) is 10.9 Å². The van der Waals surface area contributed by atoms with Crippen LogP contribution in [-0.4, -0.2) is 26.4 Å². The quantitative estimate of drug-likeness (QED) is 0.504. The summed E-state index contributed by atoms with van der Waals surface area (Å²) in [6, 6.07) is 4.95. The lowest BCUT2D eigenvalue weighted by Gasteiger charge is -2.06. The Balaban J connectivity index is 2.74. The van der Waals surface area contributed by atoms with Crippen molar-refractivity contribution in [3.63, 3.8) is 0 Å². The minimum absolute atomic E-state index is 0.0536. The fraction of sp³-hybridized carbons (Fsp3) is 0.154. The fourth-order valence-electron chi connectivity index (χ4n) is 2.07. The predicted octanol–water partition coefficient (Wildman–Crippen LogP) is 2.17. The van der Waals surface area contributed by atoms with Crippen molar-refractivity contribution in [2.75, 3.05) is 12.8 Å². The zero-order chi connectivity index (χ0) is 17.4. The first-order valence-corrected chi connectivity index (χ1v) is 8.47. The summed E-state index contributed by atoms with van der Waals surface area (Å²) in [5.41, 5.74) is 4.97. The first-order chi connectivity index (χ1) is 10.7. The van der Waals surface area contributed by atoms with Crippen molar-refractivity contribution in [2.24, 2.45) is 0 Å². The molecule has 0 saturated carbocycles. The number of aryl methyl sites for hydroxylation is 1. The molecule has 0 unspecified atom stereocenters. The molecule has 0 saturated heterocycles. The van der Waals surface area contributed by atoms with E-state index in [0.29, 0.717) is 0 Å². The van der Waals surface area contributed by atoms with Crippen LogP contribution in [0.15, 0.2) is 34.1 Å². The van der Waals surface area contributed by atoms with Crippen LogP contribution >= 0.6 is 11.3 Å². The smallest absolute Gasteiger partial charge is 0.350 e. The van der Waals surface area contributed by atoms with Gasteiger partial charge in [0.05, 0.1) is 17.7 Å². The van der Waals surface area contributed by atoms with Gasteiger partial charge in [-0.1, -0.05) is 12.1 Å². The minimum Gasteiger partial charge on any atom is -0.465 e. The van der Waals surface area contributed by atoms with Crippen molar-refractivity contribution in [1.82, 2.24) is 0 Å². The number of carbonyl (C=O) groups excluding carboxylic acids is 1. The van der Waals surface area contributed by atoms with E-state index in [2.05, 4.69) is 4.74 Å². The second-order valence-electron chi connectivity index (χ2n) is 4.45. The lowest BCUT2D eigenvalue weighted by atomic mass is 10.3. The van der Waals surface area contributed by atoms with Crippen LogP contribution in [-0.2, 0) is 14.6 Å². The number of nitrogens with zero attached hydrogens (tertiary/aromatic N) is 1. The number of rotatable bonds is 4. The Kier molecular flexibility index (Phi) is 4.39. The topological polar surface area (TPSA) is 130 Å². The molecule has 0 spiro atoms. The van der Waals surface area contributed by atoms with Crippen LogP contribution in [0.5, 0.6) is 0 Å². The molecule has 10 heteroatoms.